The molecule has 0 radical (unpaired) electrons. The molecular formula is C22H28ClNO3. The van der Waals surface area contributed by atoms with E-state index in [0.29, 0.717) is 23.4 Å². The molecule has 4 rings (SSSR count). The first kappa shape index (κ1) is 19.0. The maximum atomic E-state index is 13.2. The molecule has 1 aliphatic carbocycles. The lowest BCUT2D eigenvalue weighted by molar-refractivity contribution is -0.133. The molecule has 1 saturated carbocycles. The Labute approximate surface area is 166 Å². The van der Waals surface area contributed by atoms with Crippen LogP contribution in [0.15, 0.2) is 30.5 Å². The Kier molecular flexibility index (Phi) is 5.86. The molecule has 4 unspecified atom stereocenters. The predicted octanol–water partition coefficient (Wildman–Crippen LogP) is 3.91. The summed E-state index contributed by atoms with van der Waals surface area (Å²) in [6.45, 7) is 2.99. The van der Waals surface area contributed by atoms with Crippen molar-refractivity contribution in [2.24, 2.45) is 11.8 Å². The zero-order chi connectivity index (χ0) is 18.8. The van der Waals surface area contributed by atoms with Crippen molar-refractivity contribution in [1.82, 2.24) is 4.90 Å². The number of carbonyl (C=O) groups excluding carboxylic acids is 1. The molecule has 2 aliphatic heterocycles. The number of halogens is 1. The number of rotatable bonds is 3. The van der Waals surface area contributed by atoms with Gasteiger partial charge in [-0.2, -0.15) is 0 Å². The number of ether oxygens (including phenoxy) is 1. The van der Waals surface area contributed by atoms with Crippen LogP contribution in [0.1, 0.15) is 44.1 Å². The third-order valence-corrected chi connectivity index (χ3v) is 6.61. The van der Waals surface area contributed by atoms with Crippen LogP contribution >= 0.6 is 11.6 Å². The number of nitrogens with zero attached hydrogens (tertiary/aromatic N) is 1. The monoisotopic (exact) mass is 389 g/mol. The van der Waals surface area contributed by atoms with Crippen LogP contribution in [0, 0.1) is 11.8 Å². The quantitative estimate of drug-likeness (QED) is 0.851. The Morgan fingerprint density at radius 2 is 1.78 bits per heavy atom. The van der Waals surface area contributed by atoms with Gasteiger partial charge in [0, 0.05) is 17.5 Å². The Morgan fingerprint density at radius 1 is 1.07 bits per heavy atom. The van der Waals surface area contributed by atoms with E-state index in [1.807, 2.05) is 12.1 Å². The molecule has 0 bridgehead atoms. The summed E-state index contributed by atoms with van der Waals surface area (Å²) in [4.78, 5) is 15.6. The van der Waals surface area contributed by atoms with Crippen molar-refractivity contribution in [3.63, 3.8) is 0 Å². The van der Waals surface area contributed by atoms with Crippen molar-refractivity contribution < 1.29 is 14.6 Å². The van der Waals surface area contributed by atoms with E-state index >= 15 is 0 Å². The number of fused-ring (bicyclic) bond motifs is 1. The molecule has 4 atom stereocenters. The van der Waals surface area contributed by atoms with E-state index in [-0.39, 0.29) is 23.7 Å². The van der Waals surface area contributed by atoms with E-state index in [4.69, 9.17) is 16.3 Å². The summed E-state index contributed by atoms with van der Waals surface area (Å²) in [5.74, 6) is -0.0313. The van der Waals surface area contributed by atoms with Gasteiger partial charge in [0.05, 0.1) is 23.9 Å². The highest BCUT2D eigenvalue weighted by atomic mass is 35.5. The molecule has 1 saturated heterocycles. The number of allylic oxidation sites excluding steroid dienone is 1. The maximum absolute atomic E-state index is 13.2. The Morgan fingerprint density at radius 3 is 2.48 bits per heavy atom. The topological polar surface area (TPSA) is 49.8 Å². The molecule has 0 amide bonds. The fraction of sp³-hybridized carbons (Fsp3) is 0.591. The normalized spacial score (nSPS) is 32.2. The van der Waals surface area contributed by atoms with Crippen molar-refractivity contribution in [1.29, 1.82) is 0 Å². The number of aliphatic hydroxyl groups is 1. The average molecular weight is 390 g/mol. The largest absolute Gasteiger partial charge is 0.496 e. The van der Waals surface area contributed by atoms with Crippen molar-refractivity contribution in [2.45, 2.75) is 50.7 Å². The first-order valence-corrected chi connectivity index (χ1v) is 10.6. The minimum atomic E-state index is -0.396. The van der Waals surface area contributed by atoms with E-state index in [2.05, 4.69) is 4.90 Å². The zero-order valence-corrected chi connectivity index (χ0v) is 16.4. The Hall–Kier alpha value is -1.36. The van der Waals surface area contributed by atoms with Gasteiger partial charge in [-0.25, -0.2) is 0 Å². The number of Topliss-reactive ketones (excluding diaryl/α,β-unsaturated/α-hetero) is 1. The fourth-order valence-electron chi connectivity index (χ4n) is 4.81. The highest BCUT2D eigenvalue weighted by molar-refractivity contribution is 6.30. The highest BCUT2D eigenvalue weighted by Crippen LogP contribution is 2.40. The summed E-state index contributed by atoms with van der Waals surface area (Å²) in [5.41, 5.74) is 1.47. The van der Waals surface area contributed by atoms with Crippen molar-refractivity contribution in [3.05, 3.63) is 41.1 Å². The molecule has 1 N–H and O–H groups in total. The fourth-order valence-corrected chi connectivity index (χ4v) is 4.93. The van der Waals surface area contributed by atoms with Gasteiger partial charge in [0.15, 0.2) is 5.78 Å². The van der Waals surface area contributed by atoms with Crippen molar-refractivity contribution >= 4 is 23.0 Å². The van der Waals surface area contributed by atoms with Crippen LogP contribution in [0.25, 0.3) is 5.57 Å². The maximum Gasteiger partial charge on any atom is 0.173 e. The molecule has 27 heavy (non-hydrogen) atoms. The van der Waals surface area contributed by atoms with Crippen LogP contribution < -0.4 is 0 Å². The summed E-state index contributed by atoms with van der Waals surface area (Å²) in [5, 5.41) is 11.3. The van der Waals surface area contributed by atoms with E-state index in [1.165, 1.54) is 25.7 Å². The van der Waals surface area contributed by atoms with Gasteiger partial charge in [0.2, 0.25) is 0 Å². The van der Waals surface area contributed by atoms with Gasteiger partial charge in [-0.3, -0.25) is 4.79 Å². The Balaban J connectivity index is 1.53. The van der Waals surface area contributed by atoms with Crippen molar-refractivity contribution in [2.75, 3.05) is 19.6 Å². The number of aliphatic hydroxyl groups excluding tert-OH is 1. The lowest BCUT2D eigenvalue weighted by atomic mass is 9.72. The van der Waals surface area contributed by atoms with E-state index in [0.717, 1.165) is 25.2 Å². The van der Waals surface area contributed by atoms with Crippen LogP contribution in [0.3, 0.4) is 0 Å². The number of ketones is 1. The molecule has 1 aromatic carbocycles. The molecule has 3 aliphatic rings. The van der Waals surface area contributed by atoms with Gasteiger partial charge in [-0.1, -0.05) is 36.6 Å². The standard InChI is InChI=1S/C22H28ClNO3/c23-16-7-5-15(6-8-16)19-14-27-22-17(21(19)26)9-10-20(25)18(22)13-24-11-3-1-2-4-12-24/h5-8,14,17-18,20,22,25H,1-4,9-13H2. The van der Waals surface area contributed by atoms with Gasteiger partial charge >= 0.3 is 0 Å². The number of carbonyl (C=O) groups is 1. The van der Waals surface area contributed by atoms with Gasteiger partial charge in [0.1, 0.15) is 6.10 Å². The van der Waals surface area contributed by atoms with E-state index < -0.39 is 6.10 Å². The van der Waals surface area contributed by atoms with E-state index in [9.17, 15) is 9.90 Å². The van der Waals surface area contributed by atoms with E-state index in [1.54, 1.807) is 18.4 Å². The minimum Gasteiger partial charge on any atom is -0.496 e. The lowest BCUT2D eigenvalue weighted by Gasteiger charge is -2.43. The second-order valence-electron chi connectivity index (χ2n) is 8.13. The van der Waals surface area contributed by atoms with Crippen LogP contribution in [0.5, 0.6) is 0 Å². The zero-order valence-electron chi connectivity index (χ0n) is 15.6. The number of hydrogen-bond acceptors (Lipinski definition) is 4. The van der Waals surface area contributed by atoms with Crippen LogP contribution in [-0.2, 0) is 9.53 Å². The van der Waals surface area contributed by atoms with Crippen LogP contribution in [0.4, 0.5) is 0 Å². The second kappa shape index (κ2) is 8.34. The summed E-state index contributed by atoms with van der Waals surface area (Å²) < 4.78 is 6.10. The predicted molar refractivity (Wildman–Crippen MR) is 106 cm³/mol. The summed E-state index contributed by atoms with van der Waals surface area (Å²) in [6.07, 6.45) is 7.37. The molecule has 4 nitrogen and oxygen atoms in total. The molecule has 2 heterocycles. The average Bonchev–Trinajstić information content (AvgIpc) is 2.94. The number of benzene rings is 1. The molecule has 5 heteroatoms. The van der Waals surface area contributed by atoms with Crippen LogP contribution in [-0.4, -0.2) is 47.6 Å². The molecule has 146 valence electrons. The summed E-state index contributed by atoms with van der Waals surface area (Å²) >= 11 is 5.97. The molecule has 0 aromatic heterocycles. The third-order valence-electron chi connectivity index (χ3n) is 6.35. The lowest BCUT2D eigenvalue weighted by Crippen LogP contribution is -2.52. The molecular weight excluding hydrogens is 362 g/mol. The van der Waals surface area contributed by atoms with Gasteiger partial charge in [-0.15, -0.1) is 0 Å². The highest BCUT2D eigenvalue weighted by Gasteiger charge is 2.46. The van der Waals surface area contributed by atoms with Gasteiger partial charge in [0.25, 0.3) is 0 Å². The second-order valence-corrected chi connectivity index (χ2v) is 8.57. The third kappa shape index (κ3) is 4.08. The summed E-state index contributed by atoms with van der Waals surface area (Å²) in [6, 6.07) is 7.32. The number of hydrogen-bond donors (Lipinski definition) is 1. The molecule has 1 aromatic rings. The SMILES string of the molecule is O=C1C(c2ccc(Cl)cc2)=COC2C1CCC(O)C2CN1CCCCCC1. The number of likely N-dealkylation sites (tertiary alicyclic amines) is 1. The van der Waals surface area contributed by atoms with Crippen molar-refractivity contribution in [3.8, 4) is 0 Å². The van der Waals surface area contributed by atoms with Crippen LogP contribution in [0.2, 0.25) is 5.02 Å². The Bertz CT molecular complexity index is 694. The van der Waals surface area contributed by atoms with Gasteiger partial charge < -0.3 is 14.7 Å². The smallest absolute Gasteiger partial charge is 0.173 e. The first-order valence-electron chi connectivity index (χ1n) is 10.2. The molecule has 0 spiro atoms. The van der Waals surface area contributed by atoms with Gasteiger partial charge in [-0.05, 0) is 56.5 Å². The molecule has 2 fully saturated rings. The first-order chi connectivity index (χ1) is 13.1. The summed E-state index contributed by atoms with van der Waals surface area (Å²) in [7, 11) is 0. The minimum absolute atomic E-state index is 0.00572.